The van der Waals surface area contributed by atoms with Crippen molar-refractivity contribution < 1.29 is 4.79 Å². The van der Waals surface area contributed by atoms with Gasteiger partial charge < -0.3 is 10.6 Å². The van der Waals surface area contributed by atoms with Crippen molar-refractivity contribution in [1.29, 1.82) is 0 Å². The number of rotatable bonds is 5. The summed E-state index contributed by atoms with van der Waals surface area (Å²) >= 11 is 0. The standard InChI is InChI=1S/C15H21N7O/c16-15-18-19-20-22(15)11-14(23)21(13-7-2-1-3-8-13)10-12-6-4-5-9-17-12/h4-6,9,13H,1-3,7-8,10-11H2,(H2,16,18,20). The highest BCUT2D eigenvalue weighted by molar-refractivity contribution is 5.76. The minimum Gasteiger partial charge on any atom is -0.367 e. The van der Waals surface area contributed by atoms with E-state index in [9.17, 15) is 4.79 Å². The van der Waals surface area contributed by atoms with Gasteiger partial charge >= 0.3 is 0 Å². The van der Waals surface area contributed by atoms with Gasteiger partial charge in [-0.25, -0.2) is 4.68 Å². The second-order valence-corrected chi connectivity index (χ2v) is 5.83. The Labute approximate surface area is 134 Å². The largest absolute Gasteiger partial charge is 0.367 e. The summed E-state index contributed by atoms with van der Waals surface area (Å²) in [7, 11) is 0. The molecule has 3 rings (SSSR count). The van der Waals surface area contributed by atoms with Crippen molar-refractivity contribution >= 4 is 11.9 Å². The van der Waals surface area contributed by atoms with Crippen LogP contribution in [0.25, 0.3) is 0 Å². The smallest absolute Gasteiger partial charge is 0.245 e. The van der Waals surface area contributed by atoms with Gasteiger partial charge in [0.05, 0.1) is 12.2 Å². The molecular weight excluding hydrogens is 294 g/mol. The third kappa shape index (κ3) is 3.82. The van der Waals surface area contributed by atoms with Crippen LogP contribution in [0.2, 0.25) is 0 Å². The number of nitrogens with two attached hydrogens (primary N) is 1. The lowest BCUT2D eigenvalue weighted by atomic mass is 9.94. The molecule has 1 saturated carbocycles. The number of carbonyl (C=O) groups is 1. The third-order valence-electron chi connectivity index (χ3n) is 4.24. The molecule has 2 heterocycles. The first-order valence-corrected chi connectivity index (χ1v) is 7.95. The summed E-state index contributed by atoms with van der Waals surface area (Å²) in [5.74, 6) is 0.126. The molecule has 8 heteroatoms. The first-order valence-electron chi connectivity index (χ1n) is 7.95. The Morgan fingerprint density at radius 1 is 1.30 bits per heavy atom. The van der Waals surface area contributed by atoms with Gasteiger partial charge in [-0.2, -0.15) is 0 Å². The van der Waals surface area contributed by atoms with Gasteiger partial charge in [-0.1, -0.05) is 30.4 Å². The van der Waals surface area contributed by atoms with Gasteiger partial charge in [0.2, 0.25) is 11.9 Å². The molecule has 2 aromatic rings. The van der Waals surface area contributed by atoms with Crippen molar-refractivity contribution in [2.75, 3.05) is 5.73 Å². The van der Waals surface area contributed by atoms with Crippen LogP contribution in [-0.4, -0.2) is 42.0 Å². The van der Waals surface area contributed by atoms with E-state index in [1.165, 1.54) is 11.1 Å². The molecule has 0 radical (unpaired) electrons. The molecule has 1 aliphatic carbocycles. The fraction of sp³-hybridized carbons (Fsp3) is 0.533. The summed E-state index contributed by atoms with van der Waals surface area (Å²) < 4.78 is 1.33. The maximum absolute atomic E-state index is 12.8. The van der Waals surface area contributed by atoms with E-state index in [0.29, 0.717) is 6.54 Å². The number of nitrogen functional groups attached to an aromatic ring is 1. The summed E-state index contributed by atoms with van der Waals surface area (Å²) in [4.78, 5) is 19.0. The fourth-order valence-electron chi connectivity index (χ4n) is 3.02. The van der Waals surface area contributed by atoms with Gasteiger partial charge in [-0.15, -0.1) is 0 Å². The van der Waals surface area contributed by atoms with Crippen molar-refractivity contribution in [2.45, 2.75) is 51.2 Å². The van der Waals surface area contributed by atoms with E-state index >= 15 is 0 Å². The second-order valence-electron chi connectivity index (χ2n) is 5.83. The number of hydrogen-bond acceptors (Lipinski definition) is 6. The van der Waals surface area contributed by atoms with Crippen molar-refractivity contribution in [3.63, 3.8) is 0 Å². The first-order chi connectivity index (χ1) is 11.2. The van der Waals surface area contributed by atoms with E-state index in [1.54, 1.807) is 6.20 Å². The van der Waals surface area contributed by atoms with Crippen molar-refractivity contribution in [3.05, 3.63) is 30.1 Å². The van der Waals surface area contributed by atoms with Crippen LogP contribution in [0.3, 0.4) is 0 Å². The van der Waals surface area contributed by atoms with Gasteiger partial charge in [0.15, 0.2) is 0 Å². The maximum Gasteiger partial charge on any atom is 0.245 e. The van der Waals surface area contributed by atoms with Crippen molar-refractivity contribution in [1.82, 2.24) is 30.1 Å². The number of hydrogen-bond donors (Lipinski definition) is 1. The number of amides is 1. The van der Waals surface area contributed by atoms with Crippen LogP contribution in [-0.2, 0) is 17.9 Å². The lowest BCUT2D eigenvalue weighted by Crippen LogP contribution is -2.43. The van der Waals surface area contributed by atoms with Crippen LogP contribution in [0.5, 0.6) is 0 Å². The van der Waals surface area contributed by atoms with E-state index in [-0.39, 0.29) is 24.4 Å². The van der Waals surface area contributed by atoms with E-state index < -0.39 is 0 Å². The minimum absolute atomic E-state index is 0.0263. The highest BCUT2D eigenvalue weighted by Crippen LogP contribution is 2.24. The normalized spacial score (nSPS) is 15.5. The zero-order valence-corrected chi connectivity index (χ0v) is 13.0. The number of tetrazole rings is 1. The fourth-order valence-corrected chi connectivity index (χ4v) is 3.02. The summed E-state index contributed by atoms with van der Waals surface area (Å²) in [5, 5.41) is 10.9. The topological polar surface area (TPSA) is 103 Å². The summed E-state index contributed by atoms with van der Waals surface area (Å²) in [6, 6.07) is 5.99. The maximum atomic E-state index is 12.8. The number of anilines is 1. The molecule has 8 nitrogen and oxygen atoms in total. The summed E-state index contributed by atoms with van der Waals surface area (Å²) in [6.07, 6.45) is 7.36. The van der Waals surface area contributed by atoms with Gasteiger partial charge in [0.1, 0.15) is 6.54 Å². The second kappa shape index (κ2) is 7.17. The lowest BCUT2D eigenvalue weighted by molar-refractivity contribution is -0.135. The number of aromatic nitrogens is 5. The minimum atomic E-state index is -0.0263. The molecule has 2 N–H and O–H groups in total. The molecule has 2 aromatic heterocycles. The molecule has 0 spiro atoms. The lowest BCUT2D eigenvalue weighted by Gasteiger charge is -2.34. The Bertz CT molecular complexity index is 636. The van der Waals surface area contributed by atoms with Crippen LogP contribution < -0.4 is 5.73 Å². The SMILES string of the molecule is Nc1nnnn1CC(=O)N(Cc1ccccn1)C1CCCCC1. The van der Waals surface area contributed by atoms with E-state index in [4.69, 9.17) is 5.73 Å². The molecule has 0 saturated heterocycles. The molecule has 0 aromatic carbocycles. The van der Waals surface area contributed by atoms with Gasteiger partial charge in [0, 0.05) is 12.2 Å². The number of carbonyl (C=O) groups excluding carboxylic acids is 1. The quantitative estimate of drug-likeness (QED) is 0.883. The zero-order chi connectivity index (χ0) is 16.1. The Morgan fingerprint density at radius 2 is 2.13 bits per heavy atom. The Hall–Kier alpha value is -2.51. The van der Waals surface area contributed by atoms with Gasteiger partial charge in [-0.05, 0) is 35.4 Å². The predicted molar refractivity (Wildman–Crippen MR) is 83.9 cm³/mol. The highest BCUT2D eigenvalue weighted by atomic mass is 16.2. The van der Waals surface area contributed by atoms with Crippen LogP contribution in [0, 0.1) is 0 Å². The zero-order valence-electron chi connectivity index (χ0n) is 13.0. The molecule has 23 heavy (non-hydrogen) atoms. The van der Waals surface area contributed by atoms with Crippen LogP contribution in [0.1, 0.15) is 37.8 Å². The van der Waals surface area contributed by atoms with E-state index in [0.717, 1.165) is 31.4 Å². The molecule has 0 aliphatic heterocycles. The van der Waals surface area contributed by atoms with Gasteiger partial charge in [0.25, 0.3) is 0 Å². The first kappa shape index (κ1) is 15.4. The highest BCUT2D eigenvalue weighted by Gasteiger charge is 2.26. The number of pyridine rings is 1. The monoisotopic (exact) mass is 315 g/mol. The Balaban J connectivity index is 1.76. The third-order valence-corrected chi connectivity index (χ3v) is 4.24. The van der Waals surface area contributed by atoms with Crippen LogP contribution >= 0.6 is 0 Å². The van der Waals surface area contributed by atoms with E-state index in [1.807, 2.05) is 23.1 Å². The molecule has 122 valence electrons. The summed E-state index contributed by atoms with van der Waals surface area (Å²) in [5.41, 5.74) is 6.55. The molecule has 1 amide bonds. The van der Waals surface area contributed by atoms with E-state index in [2.05, 4.69) is 20.5 Å². The van der Waals surface area contributed by atoms with Crippen LogP contribution in [0.4, 0.5) is 5.95 Å². The molecule has 0 unspecified atom stereocenters. The average Bonchev–Trinajstić information content (AvgIpc) is 2.99. The molecule has 1 fully saturated rings. The number of nitrogens with zero attached hydrogens (tertiary/aromatic N) is 6. The molecule has 1 aliphatic rings. The average molecular weight is 315 g/mol. The van der Waals surface area contributed by atoms with Crippen molar-refractivity contribution in [3.8, 4) is 0 Å². The van der Waals surface area contributed by atoms with Gasteiger partial charge in [-0.3, -0.25) is 9.78 Å². The molecule has 0 bridgehead atoms. The van der Waals surface area contributed by atoms with Crippen molar-refractivity contribution in [2.24, 2.45) is 0 Å². The Morgan fingerprint density at radius 3 is 2.78 bits per heavy atom. The predicted octanol–water partition coefficient (Wildman–Crippen LogP) is 1.01. The summed E-state index contributed by atoms with van der Waals surface area (Å²) in [6.45, 7) is 0.564. The van der Waals surface area contributed by atoms with Crippen LogP contribution in [0.15, 0.2) is 24.4 Å². The molecular formula is C15H21N7O. The molecule has 0 atom stereocenters. The Kier molecular flexibility index (Phi) is 4.80.